The van der Waals surface area contributed by atoms with Crippen molar-refractivity contribution in [3.63, 3.8) is 0 Å². The van der Waals surface area contributed by atoms with E-state index in [1.807, 2.05) is 6.07 Å². The van der Waals surface area contributed by atoms with Crippen LogP contribution in [0.4, 0.5) is 23.7 Å². The van der Waals surface area contributed by atoms with Crippen molar-refractivity contribution in [1.82, 2.24) is 4.90 Å². The Morgan fingerprint density at radius 3 is 2.44 bits per heavy atom. The van der Waals surface area contributed by atoms with E-state index in [0.29, 0.717) is 40.6 Å². The number of carbonyl (C=O) groups excluding carboxylic acids is 1. The van der Waals surface area contributed by atoms with Gasteiger partial charge in [-0.1, -0.05) is 29.4 Å². The predicted molar refractivity (Wildman–Crippen MR) is 139 cm³/mol. The molecule has 0 spiro atoms. The summed E-state index contributed by atoms with van der Waals surface area (Å²) < 4.78 is 55.9. The molecule has 11 heteroatoms. The van der Waals surface area contributed by atoms with Gasteiger partial charge in [-0.15, -0.1) is 0 Å². The Labute approximate surface area is 223 Å². The lowest BCUT2D eigenvalue weighted by atomic mass is 10.0. The second kappa shape index (κ2) is 12.0. The zero-order valence-electron chi connectivity index (χ0n) is 21.6. The summed E-state index contributed by atoms with van der Waals surface area (Å²) in [6.45, 7) is -0.0199. The first-order valence-electron chi connectivity index (χ1n) is 12.0. The molecule has 0 fully saturated rings. The van der Waals surface area contributed by atoms with Gasteiger partial charge in [-0.05, 0) is 48.0 Å². The number of rotatable bonds is 9. The number of carbonyl (C=O) groups is 1. The molecule has 0 aliphatic carbocycles. The molecule has 3 aromatic rings. The van der Waals surface area contributed by atoms with E-state index in [-0.39, 0.29) is 13.1 Å². The fourth-order valence-corrected chi connectivity index (χ4v) is 4.19. The first-order valence-corrected chi connectivity index (χ1v) is 12.0. The van der Waals surface area contributed by atoms with E-state index < -0.39 is 23.9 Å². The molecule has 0 aromatic heterocycles. The fourth-order valence-electron chi connectivity index (χ4n) is 4.19. The van der Waals surface area contributed by atoms with Crippen LogP contribution in [0.5, 0.6) is 17.2 Å². The molecule has 1 heterocycles. The number of nitrogens with zero attached hydrogens (tertiary/aromatic N) is 2. The molecule has 1 aliphatic rings. The van der Waals surface area contributed by atoms with Crippen molar-refractivity contribution in [2.75, 3.05) is 33.2 Å². The van der Waals surface area contributed by atoms with Crippen molar-refractivity contribution in [1.29, 1.82) is 0 Å². The van der Waals surface area contributed by atoms with E-state index >= 15 is 0 Å². The molecular weight excluding hydrogens is 515 g/mol. The highest BCUT2D eigenvalue weighted by molar-refractivity contribution is 6.01. The molecule has 1 atom stereocenters. The molecule has 2 amide bonds. The highest BCUT2D eigenvalue weighted by Gasteiger charge is 2.31. The number of urea groups is 1. The van der Waals surface area contributed by atoms with Crippen LogP contribution in [0, 0.1) is 0 Å². The standard InChI is InChI=1S/C28H28F3N3O5/c1-36-24-10-5-4-9-22(24)32-27(35)34(16-18-7-6-8-20(13-18)28(29,30)31)17-21-15-23(33-39-21)19-11-12-25(37-2)26(14-19)38-3/h4-14,21H,15-17H2,1-3H3,(H,32,35). The van der Waals surface area contributed by atoms with E-state index in [1.54, 1.807) is 49.6 Å². The number of anilines is 1. The van der Waals surface area contributed by atoms with Gasteiger partial charge in [0.05, 0.1) is 44.8 Å². The minimum absolute atomic E-state index is 0.0670. The largest absolute Gasteiger partial charge is 0.495 e. The molecule has 0 saturated carbocycles. The molecule has 0 saturated heterocycles. The lowest BCUT2D eigenvalue weighted by Gasteiger charge is -2.26. The predicted octanol–water partition coefficient (Wildman–Crippen LogP) is 5.96. The number of methoxy groups -OCH3 is 3. The van der Waals surface area contributed by atoms with Gasteiger partial charge in [0.25, 0.3) is 0 Å². The summed E-state index contributed by atoms with van der Waals surface area (Å²) in [7, 11) is 4.55. The third-order valence-electron chi connectivity index (χ3n) is 6.14. The van der Waals surface area contributed by atoms with Crippen LogP contribution in [0.2, 0.25) is 0 Å². The molecule has 4 rings (SSSR count). The number of oxime groups is 1. The average molecular weight is 544 g/mol. The number of benzene rings is 3. The highest BCUT2D eigenvalue weighted by atomic mass is 19.4. The number of hydrogen-bond donors (Lipinski definition) is 1. The van der Waals surface area contributed by atoms with Crippen LogP contribution in [0.1, 0.15) is 23.1 Å². The van der Waals surface area contributed by atoms with E-state index in [2.05, 4.69) is 10.5 Å². The van der Waals surface area contributed by atoms with Gasteiger partial charge in [-0.2, -0.15) is 13.2 Å². The first-order chi connectivity index (χ1) is 18.7. The minimum Gasteiger partial charge on any atom is -0.495 e. The first kappa shape index (κ1) is 27.6. The summed E-state index contributed by atoms with van der Waals surface area (Å²) in [6.07, 6.45) is -4.66. The molecule has 39 heavy (non-hydrogen) atoms. The Morgan fingerprint density at radius 1 is 0.974 bits per heavy atom. The number of amides is 2. The second-order valence-corrected chi connectivity index (χ2v) is 8.75. The monoisotopic (exact) mass is 543 g/mol. The van der Waals surface area contributed by atoms with Crippen LogP contribution in [0.3, 0.4) is 0 Å². The van der Waals surface area contributed by atoms with Crippen LogP contribution in [0.25, 0.3) is 0 Å². The van der Waals surface area contributed by atoms with Gasteiger partial charge < -0.3 is 29.3 Å². The Kier molecular flexibility index (Phi) is 8.48. The number of halogens is 3. The Bertz CT molecular complexity index is 1350. The lowest BCUT2D eigenvalue weighted by molar-refractivity contribution is -0.137. The Hall–Kier alpha value is -4.41. The van der Waals surface area contributed by atoms with Gasteiger partial charge in [0.2, 0.25) is 0 Å². The maximum absolute atomic E-state index is 13.4. The van der Waals surface area contributed by atoms with Gasteiger partial charge in [-0.25, -0.2) is 4.79 Å². The molecule has 206 valence electrons. The van der Waals surface area contributed by atoms with Crippen molar-refractivity contribution in [2.45, 2.75) is 25.2 Å². The zero-order valence-corrected chi connectivity index (χ0v) is 21.6. The summed E-state index contributed by atoms with van der Waals surface area (Å²) in [5, 5.41) is 6.98. The lowest BCUT2D eigenvalue weighted by Crippen LogP contribution is -2.40. The summed E-state index contributed by atoms with van der Waals surface area (Å²) in [4.78, 5) is 20.4. The smallest absolute Gasteiger partial charge is 0.416 e. The van der Waals surface area contributed by atoms with E-state index in [4.69, 9.17) is 19.0 Å². The number of nitrogens with one attached hydrogen (secondary N) is 1. The van der Waals surface area contributed by atoms with E-state index in [0.717, 1.165) is 17.7 Å². The zero-order chi connectivity index (χ0) is 28.0. The summed E-state index contributed by atoms with van der Waals surface area (Å²) in [6, 6.07) is 16.6. The SMILES string of the molecule is COc1ccccc1NC(=O)N(Cc1cccc(C(F)(F)F)c1)CC1CC(c2ccc(OC)c(OC)c2)=NO1. The molecule has 1 N–H and O–H groups in total. The third kappa shape index (κ3) is 6.73. The topological polar surface area (TPSA) is 81.6 Å². The van der Waals surface area contributed by atoms with Crippen molar-refractivity contribution in [3.8, 4) is 17.2 Å². The van der Waals surface area contributed by atoms with Gasteiger partial charge in [0, 0.05) is 18.5 Å². The highest BCUT2D eigenvalue weighted by Crippen LogP contribution is 2.31. The van der Waals surface area contributed by atoms with Gasteiger partial charge in [-0.3, -0.25) is 0 Å². The van der Waals surface area contributed by atoms with Crippen LogP contribution in [-0.4, -0.2) is 50.6 Å². The van der Waals surface area contributed by atoms with Crippen LogP contribution in [-0.2, 0) is 17.6 Å². The molecule has 0 radical (unpaired) electrons. The van der Waals surface area contributed by atoms with Gasteiger partial charge in [0.15, 0.2) is 17.6 Å². The molecule has 0 bridgehead atoms. The van der Waals surface area contributed by atoms with Crippen molar-refractivity contribution in [3.05, 3.63) is 83.4 Å². The maximum Gasteiger partial charge on any atom is 0.416 e. The molecular formula is C28H28F3N3O5. The van der Waals surface area contributed by atoms with Gasteiger partial charge in [0.1, 0.15) is 5.75 Å². The quantitative estimate of drug-likeness (QED) is 0.360. The summed E-state index contributed by atoms with van der Waals surface area (Å²) in [5.74, 6) is 1.54. The summed E-state index contributed by atoms with van der Waals surface area (Å²) >= 11 is 0. The molecule has 8 nitrogen and oxygen atoms in total. The fraction of sp³-hybridized carbons (Fsp3) is 0.286. The Balaban J connectivity index is 1.53. The average Bonchev–Trinajstić information content (AvgIpc) is 3.41. The van der Waals surface area contributed by atoms with Crippen LogP contribution < -0.4 is 19.5 Å². The molecule has 1 unspecified atom stereocenters. The van der Waals surface area contributed by atoms with Crippen LogP contribution in [0.15, 0.2) is 71.9 Å². The van der Waals surface area contributed by atoms with Crippen molar-refractivity contribution < 1.29 is 37.0 Å². The third-order valence-corrected chi connectivity index (χ3v) is 6.14. The van der Waals surface area contributed by atoms with E-state index in [1.165, 1.54) is 25.2 Å². The van der Waals surface area contributed by atoms with Crippen LogP contribution >= 0.6 is 0 Å². The van der Waals surface area contributed by atoms with Gasteiger partial charge >= 0.3 is 12.2 Å². The minimum atomic E-state index is -4.50. The van der Waals surface area contributed by atoms with E-state index in [9.17, 15) is 18.0 Å². The number of ether oxygens (including phenoxy) is 3. The van der Waals surface area contributed by atoms with Crippen molar-refractivity contribution in [2.24, 2.45) is 5.16 Å². The molecule has 3 aromatic carbocycles. The second-order valence-electron chi connectivity index (χ2n) is 8.75. The summed E-state index contributed by atoms with van der Waals surface area (Å²) in [5.41, 5.74) is 1.36. The molecule has 1 aliphatic heterocycles. The Morgan fingerprint density at radius 2 is 1.72 bits per heavy atom. The number of alkyl halides is 3. The number of hydrogen-bond acceptors (Lipinski definition) is 6. The normalized spacial score (nSPS) is 14.7. The van der Waals surface area contributed by atoms with Crippen molar-refractivity contribution >= 4 is 17.4 Å². The maximum atomic E-state index is 13.4. The number of para-hydroxylation sites is 2.